The molecule has 0 radical (unpaired) electrons. The van der Waals surface area contributed by atoms with Crippen LogP contribution < -0.4 is 10.6 Å². The molecule has 0 spiro atoms. The molecule has 0 bridgehead atoms. The maximum atomic E-state index is 9.78. The highest BCUT2D eigenvalue weighted by Gasteiger charge is 1.82. The molecule has 0 atom stereocenters. The van der Waals surface area contributed by atoms with Crippen LogP contribution in [0, 0.1) is 0 Å². The summed E-state index contributed by atoms with van der Waals surface area (Å²) >= 11 is 0. The molecular formula is C6H14N2O. The van der Waals surface area contributed by atoms with Gasteiger partial charge in [-0.3, -0.25) is 0 Å². The second kappa shape index (κ2) is 7.59. The fourth-order valence-corrected chi connectivity index (χ4v) is 0.499. The van der Waals surface area contributed by atoms with E-state index in [-0.39, 0.29) is 0 Å². The normalized spacial score (nSPS) is 9.44. The molecule has 0 unspecified atom stereocenters. The van der Waals surface area contributed by atoms with Crippen molar-refractivity contribution in [3.05, 3.63) is 0 Å². The lowest BCUT2D eigenvalue weighted by atomic mass is 10.4. The zero-order chi connectivity index (χ0) is 6.95. The van der Waals surface area contributed by atoms with Gasteiger partial charge in [0.25, 0.3) is 0 Å². The van der Waals surface area contributed by atoms with Gasteiger partial charge in [-0.1, -0.05) is 0 Å². The number of likely N-dealkylation sites (N-methyl/N-ethyl adjacent to an activating group) is 1. The summed E-state index contributed by atoms with van der Waals surface area (Å²) in [6.45, 7) is 2.69. The molecule has 0 heterocycles. The second-order valence-electron chi connectivity index (χ2n) is 1.81. The average Bonchev–Trinajstić information content (AvgIpc) is 1.89. The smallest absolute Gasteiger partial charge is 0.121 e. The standard InChI is InChI=1S/C6H14N2O/c1-7-4-5-8-3-2-6-9/h6-8H,2-5H2,1H3. The Morgan fingerprint density at radius 2 is 2.11 bits per heavy atom. The molecule has 3 heteroatoms. The Labute approximate surface area is 55.8 Å². The third kappa shape index (κ3) is 7.59. The minimum absolute atomic E-state index is 0.615. The molecule has 0 saturated carbocycles. The van der Waals surface area contributed by atoms with Gasteiger partial charge >= 0.3 is 0 Å². The number of carbonyl (C=O) groups is 1. The molecule has 0 aliphatic heterocycles. The van der Waals surface area contributed by atoms with E-state index in [4.69, 9.17) is 0 Å². The maximum Gasteiger partial charge on any atom is 0.121 e. The lowest BCUT2D eigenvalue weighted by Gasteiger charge is -1.99. The number of hydrogen-bond donors (Lipinski definition) is 2. The van der Waals surface area contributed by atoms with E-state index in [1.807, 2.05) is 7.05 Å². The lowest BCUT2D eigenvalue weighted by Crippen LogP contribution is -2.25. The number of aldehydes is 1. The van der Waals surface area contributed by atoms with Crippen LogP contribution in [0.4, 0.5) is 0 Å². The van der Waals surface area contributed by atoms with Gasteiger partial charge in [0.05, 0.1) is 0 Å². The summed E-state index contributed by atoms with van der Waals surface area (Å²) in [5.41, 5.74) is 0. The quantitative estimate of drug-likeness (QED) is 0.372. The lowest BCUT2D eigenvalue weighted by molar-refractivity contribution is -0.107. The van der Waals surface area contributed by atoms with E-state index in [0.29, 0.717) is 6.42 Å². The Bertz CT molecular complexity index is 66.1. The van der Waals surface area contributed by atoms with Crippen LogP contribution in [-0.2, 0) is 4.79 Å². The van der Waals surface area contributed by atoms with Crippen molar-refractivity contribution < 1.29 is 4.79 Å². The maximum absolute atomic E-state index is 9.78. The van der Waals surface area contributed by atoms with Crippen molar-refractivity contribution in [2.75, 3.05) is 26.7 Å². The van der Waals surface area contributed by atoms with Crippen LogP contribution in [0.15, 0.2) is 0 Å². The Kier molecular flexibility index (Phi) is 7.24. The highest BCUT2D eigenvalue weighted by Crippen LogP contribution is 1.64. The fraction of sp³-hybridized carbons (Fsp3) is 0.833. The summed E-state index contributed by atoms with van der Waals surface area (Å²) < 4.78 is 0. The fourth-order valence-electron chi connectivity index (χ4n) is 0.499. The first-order chi connectivity index (χ1) is 4.41. The predicted molar refractivity (Wildman–Crippen MR) is 37.5 cm³/mol. The van der Waals surface area contributed by atoms with Crippen LogP contribution in [0.3, 0.4) is 0 Å². The van der Waals surface area contributed by atoms with Crippen molar-refractivity contribution >= 4 is 6.29 Å². The van der Waals surface area contributed by atoms with Gasteiger partial charge in [-0.2, -0.15) is 0 Å². The summed E-state index contributed by atoms with van der Waals surface area (Å²) in [6.07, 6.45) is 1.54. The largest absolute Gasteiger partial charge is 0.318 e. The SMILES string of the molecule is CNCCNCCC=O. The van der Waals surface area contributed by atoms with E-state index in [0.717, 1.165) is 25.9 Å². The molecule has 0 aliphatic carbocycles. The first kappa shape index (κ1) is 8.59. The minimum atomic E-state index is 0.615. The third-order valence-corrected chi connectivity index (χ3v) is 0.991. The zero-order valence-corrected chi connectivity index (χ0v) is 5.81. The highest BCUT2D eigenvalue weighted by molar-refractivity contribution is 5.49. The van der Waals surface area contributed by atoms with Crippen LogP contribution in [0.5, 0.6) is 0 Å². The van der Waals surface area contributed by atoms with Crippen molar-refractivity contribution in [3.8, 4) is 0 Å². The summed E-state index contributed by atoms with van der Waals surface area (Å²) in [5, 5.41) is 6.09. The second-order valence-corrected chi connectivity index (χ2v) is 1.81. The Morgan fingerprint density at radius 3 is 2.67 bits per heavy atom. The number of hydrogen-bond acceptors (Lipinski definition) is 3. The molecule has 0 aromatic carbocycles. The van der Waals surface area contributed by atoms with Crippen molar-refractivity contribution in [3.63, 3.8) is 0 Å². The molecule has 0 aromatic rings. The highest BCUT2D eigenvalue weighted by atomic mass is 16.1. The van der Waals surface area contributed by atoms with Crippen LogP contribution in [0.25, 0.3) is 0 Å². The first-order valence-corrected chi connectivity index (χ1v) is 3.20. The molecule has 0 aromatic heterocycles. The molecule has 3 nitrogen and oxygen atoms in total. The zero-order valence-electron chi connectivity index (χ0n) is 5.81. The average molecular weight is 130 g/mol. The van der Waals surface area contributed by atoms with Gasteiger partial charge in [0.15, 0.2) is 0 Å². The molecule has 0 rings (SSSR count). The van der Waals surface area contributed by atoms with E-state index in [2.05, 4.69) is 10.6 Å². The molecule has 9 heavy (non-hydrogen) atoms. The molecule has 54 valence electrons. The van der Waals surface area contributed by atoms with Gasteiger partial charge < -0.3 is 15.4 Å². The van der Waals surface area contributed by atoms with E-state index >= 15 is 0 Å². The van der Waals surface area contributed by atoms with Crippen LogP contribution >= 0.6 is 0 Å². The van der Waals surface area contributed by atoms with Crippen molar-refractivity contribution in [1.82, 2.24) is 10.6 Å². The third-order valence-electron chi connectivity index (χ3n) is 0.991. The van der Waals surface area contributed by atoms with Gasteiger partial charge in [0.2, 0.25) is 0 Å². The molecular weight excluding hydrogens is 116 g/mol. The predicted octanol–water partition coefficient (Wildman–Crippen LogP) is -0.616. The van der Waals surface area contributed by atoms with Crippen LogP contribution in [-0.4, -0.2) is 33.0 Å². The Balaban J connectivity index is 2.66. The molecule has 0 amide bonds. The number of rotatable bonds is 6. The Hall–Kier alpha value is -0.410. The van der Waals surface area contributed by atoms with E-state index in [1.54, 1.807) is 0 Å². The number of nitrogens with one attached hydrogen (secondary N) is 2. The van der Waals surface area contributed by atoms with Gasteiger partial charge in [-0.25, -0.2) is 0 Å². The Morgan fingerprint density at radius 1 is 1.33 bits per heavy atom. The monoisotopic (exact) mass is 130 g/mol. The van der Waals surface area contributed by atoms with E-state index in [9.17, 15) is 4.79 Å². The summed E-state index contributed by atoms with van der Waals surface area (Å²) in [5.74, 6) is 0. The summed E-state index contributed by atoms with van der Waals surface area (Å²) in [4.78, 5) is 9.78. The van der Waals surface area contributed by atoms with Crippen molar-refractivity contribution in [2.45, 2.75) is 6.42 Å². The van der Waals surface area contributed by atoms with Crippen LogP contribution in [0.1, 0.15) is 6.42 Å². The van der Waals surface area contributed by atoms with Crippen LogP contribution in [0.2, 0.25) is 0 Å². The summed E-state index contributed by atoms with van der Waals surface area (Å²) in [6, 6.07) is 0. The van der Waals surface area contributed by atoms with Gasteiger partial charge in [-0.15, -0.1) is 0 Å². The van der Waals surface area contributed by atoms with Gasteiger partial charge in [-0.05, 0) is 7.05 Å². The van der Waals surface area contributed by atoms with Crippen molar-refractivity contribution in [2.24, 2.45) is 0 Å². The van der Waals surface area contributed by atoms with Gasteiger partial charge in [0, 0.05) is 26.1 Å². The number of carbonyl (C=O) groups excluding carboxylic acids is 1. The van der Waals surface area contributed by atoms with Gasteiger partial charge in [0.1, 0.15) is 6.29 Å². The molecule has 2 N–H and O–H groups in total. The van der Waals surface area contributed by atoms with E-state index in [1.165, 1.54) is 0 Å². The molecule has 0 aliphatic rings. The molecule has 0 saturated heterocycles. The first-order valence-electron chi connectivity index (χ1n) is 3.20. The topological polar surface area (TPSA) is 41.1 Å². The minimum Gasteiger partial charge on any atom is -0.318 e. The molecule has 0 fully saturated rings. The summed E-state index contributed by atoms with van der Waals surface area (Å²) in [7, 11) is 1.90. The van der Waals surface area contributed by atoms with Crippen molar-refractivity contribution in [1.29, 1.82) is 0 Å². The van der Waals surface area contributed by atoms with E-state index < -0.39 is 0 Å².